The number of amides is 1. The number of hydrogen-bond donors (Lipinski definition) is 1. The van der Waals surface area contributed by atoms with Crippen LogP contribution in [-0.2, 0) is 0 Å². The van der Waals surface area contributed by atoms with Gasteiger partial charge in [0.15, 0.2) is 0 Å². The number of nitrogens with zero attached hydrogens (tertiary/aromatic N) is 2. The molecule has 2 N–H and O–H groups in total. The zero-order valence-corrected chi connectivity index (χ0v) is 11.3. The van der Waals surface area contributed by atoms with Crippen LogP contribution in [0, 0.1) is 5.92 Å². The minimum Gasteiger partial charge on any atom is -0.340 e. The highest BCUT2D eigenvalue weighted by Gasteiger charge is 2.17. The highest BCUT2D eigenvalue weighted by Crippen LogP contribution is 2.17. The first-order chi connectivity index (χ1) is 9.13. The standard InChI is InChI=1S/C15H19N3O/c1-11(9-16)10-18(2)15(19)14-13-6-4-3-5-12(13)7-8-17-14/h3-8,11H,9-10,16H2,1-2H3. The van der Waals surface area contributed by atoms with E-state index in [1.165, 1.54) is 0 Å². The first-order valence-corrected chi connectivity index (χ1v) is 6.42. The molecule has 0 aliphatic heterocycles. The molecule has 2 rings (SSSR count). The zero-order chi connectivity index (χ0) is 13.8. The lowest BCUT2D eigenvalue weighted by Gasteiger charge is -2.20. The molecular formula is C15H19N3O. The maximum atomic E-state index is 12.4. The summed E-state index contributed by atoms with van der Waals surface area (Å²) in [5.41, 5.74) is 6.10. The average Bonchev–Trinajstić information content (AvgIpc) is 2.45. The molecule has 0 aliphatic carbocycles. The Hall–Kier alpha value is -1.94. The van der Waals surface area contributed by atoms with E-state index in [0.29, 0.717) is 18.8 Å². The van der Waals surface area contributed by atoms with E-state index in [1.54, 1.807) is 18.1 Å². The van der Waals surface area contributed by atoms with Gasteiger partial charge in [-0.25, -0.2) is 0 Å². The van der Waals surface area contributed by atoms with Crippen LogP contribution in [0.1, 0.15) is 17.4 Å². The summed E-state index contributed by atoms with van der Waals surface area (Å²) >= 11 is 0. The van der Waals surface area contributed by atoms with Crippen LogP contribution in [0.3, 0.4) is 0 Å². The van der Waals surface area contributed by atoms with Crippen molar-refractivity contribution < 1.29 is 4.79 Å². The van der Waals surface area contributed by atoms with Gasteiger partial charge in [0.25, 0.3) is 5.91 Å². The summed E-state index contributed by atoms with van der Waals surface area (Å²) in [6.07, 6.45) is 1.68. The van der Waals surface area contributed by atoms with Gasteiger partial charge in [0.05, 0.1) is 0 Å². The Bertz CT molecular complexity index is 577. The second kappa shape index (κ2) is 5.80. The van der Waals surface area contributed by atoms with Gasteiger partial charge >= 0.3 is 0 Å². The Labute approximate surface area is 113 Å². The number of aromatic nitrogens is 1. The van der Waals surface area contributed by atoms with Crippen LogP contribution < -0.4 is 5.73 Å². The van der Waals surface area contributed by atoms with Crippen molar-refractivity contribution in [1.29, 1.82) is 0 Å². The van der Waals surface area contributed by atoms with Gasteiger partial charge in [-0.2, -0.15) is 0 Å². The quantitative estimate of drug-likeness (QED) is 0.910. The topological polar surface area (TPSA) is 59.2 Å². The SMILES string of the molecule is CC(CN)CN(C)C(=O)c1nccc2ccccc12. The average molecular weight is 257 g/mol. The monoisotopic (exact) mass is 257 g/mol. The molecule has 0 aliphatic rings. The van der Waals surface area contributed by atoms with Crippen molar-refractivity contribution in [3.05, 3.63) is 42.2 Å². The molecular weight excluding hydrogens is 238 g/mol. The molecule has 1 heterocycles. The van der Waals surface area contributed by atoms with Crippen molar-refractivity contribution in [1.82, 2.24) is 9.88 Å². The van der Waals surface area contributed by atoms with Crippen LogP contribution in [0.15, 0.2) is 36.5 Å². The number of benzene rings is 1. The van der Waals surface area contributed by atoms with Crippen LogP contribution in [0.5, 0.6) is 0 Å². The molecule has 19 heavy (non-hydrogen) atoms. The van der Waals surface area contributed by atoms with E-state index in [2.05, 4.69) is 4.98 Å². The van der Waals surface area contributed by atoms with Crippen LogP contribution in [0.25, 0.3) is 10.8 Å². The van der Waals surface area contributed by atoms with Crippen molar-refractivity contribution in [3.8, 4) is 0 Å². The number of rotatable bonds is 4. The largest absolute Gasteiger partial charge is 0.340 e. The van der Waals surface area contributed by atoms with Crippen molar-refractivity contribution in [2.24, 2.45) is 11.7 Å². The van der Waals surface area contributed by atoms with Crippen molar-refractivity contribution in [3.63, 3.8) is 0 Å². The number of carbonyl (C=O) groups is 1. The molecule has 0 bridgehead atoms. The fourth-order valence-electron chi connectivity index (χ4n) is 2.10. The second-order valence-corrected chi connectivity index (χ2v) is 4.91. The summed E-state index contributed by atoms with van der Waals surface area (Å²) in [5, 5.41) is 1.92. The lowest BCUT2D eigenvalue weighted by molar-refractivity contribution is 0.0774. The van der Waals surface area contributed by atoms with Gasteiger partial charge in [0.2, 0.25) is 0 Å². The summed E-state index contributed by atoms with van der Waals surface area (Å²) in [4.78, 5) is 18.4. The van der Waals surface area contributed by atoms with E-state index in [-0.39, 0.29) is 11.8 Å². The summed E-state index contributed by atoms with van der Waals surface area (Å²) < 4.78 is 0. The van der Waals surface area contributed by atoms with E-state index >= 15 is 0 Å². The van der Waals surface area contributed by atoms with E-state index in [4.69, 9.17) is 5.73 Å². The first-order valence-electron chi connectivity index (χ1n) is 6.42. The van der Waals surface area contributed by atoms with Gasteiger partial charge < -0.3 is 10.6 Å². The lowest BCUT2D eigenvalue weighted by Crippen LogP contribution is -2.34. The summed E-state index contributed by atoms with van der Waals surface area (Å²) in [7, 11) is 1.79. The Kier molecular flexibility index (Phi) is 4.12. The van der Waals surface area contributed by atoms with E-state index in [0.717, 1.165) is 10.8 Å². The highest BCUT2D eigenvalue weighted by atomic mass is 16.2. The van der Waals surface area contributed by atoms with Crippen LogP contribution in [0.2, 0.25) is 0 Å². The van der Waals surface area contributed by atoms with Crippen LogP contribution >= 0.6 is 0 Å². The molecule has 0 fully saturated rings. The molecule has 100 valence electrons. The fraction of sp³-hybridized carbons (Fsp3) is 0.333. The van der Waals surface area contributed by atoms with Gasteiger partial charge in [-0.05, 0) is 23.9 Å². The smallest absolute Gasteiger partial charge is 0.272 e. The third-order valence-corrected chi connectivity index (χ3v) is 3.21. The molecule has 0 radical (unpaired) electrons. The highest BCUT2D eigenvalue weighted by molar-refractivity contribution is 6.04. The van der Waals surface area contributed by atoms with Gasteiger partial charge in [-0.3, -0.25) is 9.78 Å². The van der Waals surface area contributed by atoms with Gasteiger partial charge in [-0.1, -0.05) is 31.2 Å². The van der Waals surface area contributed by atoms with E-state index < -0.39 is 0 Å². The third kappa shape index (κ3) is 2.90. The maximum Gasteiger partial charge on any atom is 0.272 e. The minimum atomic E-state index is -0.0582. The fourth-order valence-corrected chi connectivity index (χ4v) is 2.10. The molecule has 1 unspecified atom stereocenters. The molecule has 0 spiro atoms. The first kappa shape index (κ1) is 13.5. The third-order valence-electron chi connectivity index (χ3n) is 3.21. The van der Waals surface area contributed by atoms with Crippen molar-refractivity contribution in [2.45, 2.75) is 6.92 Å². The number of carbonyl (C=O) groups excluding carboxylic acids is 1. The maximum absolute atomic E-state index is 12.4. The molecule has 0 saturated heterocycles. The molecule has 4 heteroatoms. The number of nitrogens with two attached hydrogens (primary N) is 1. The molecule has 4 nitrogen and oxygen atoms in total. The predicted molar refractivity (Wildman–Crippen MR) is 76.9 cm³/mol. The Morgan fingerprint density at radius 3 is 2.84 bits per heavy atom. The summed E-state index contributed by atoms with van der Waals surface area (Å²) in [6.45, 7) is 3.24. The number of hydrogen-bond acceptors (Lipinski definition) is 3. The van der Waals surface area contributed by atoms with Gasteiger partial charge in [0.1, 0.15) is 5.69 Å². The molecule has 1 amide bonds. The molecule has 2 aromatic rings. The number of pyridine rings is 1. The van der Waals surface area contributed by atoms with Gasteiger partial charge in [-0.15, -0.1) is 0 Å². The Morgan fingerprint density at radius 2 is 2.11 bits per heavy atom. The second-order valence-electron chi connectivity index (χ2n) is 4.91. The normalized spacial score (nSPS) is 12.4. The zero-order valence-electron chi connectivity index (χ0n) is 11.3. The molecule has 0 saturated carbocycles. The van der Waals surface area contributed by atoms with Crippen LogP contribution in [0.4, 0.5) is 0 Å². The van der Waals surface area contributed by atoms with Gasteiger partial charge in [0, 0.05) is 25.2 Å². The molecule has 1 aromatic heterocycles. The molecule has 1 atom stereocenters. The lowest BCUT2D eigenvalue weighted by atomic mass is 10.1. The minimum absolute atomic E-state index is 0.0582. The van der Waals surface area contributed by atoms with Crippen molar-refractivity contribution in [2.75, 3.05) is 20.1 Å². The van der Waals surface area contributed by atoms with E-state index in [1.807, 2.05) is 37.3 Å². The molecule has 1 aromatic carbocycles. The predicted octanol–water partition coefficient (Wildman–Crippen LogP) is 1.90. The Balaban J connectivity index is 2.31. The van der Waals surface area contributed by atoms with Crippen molar-refractivity contribution >= 4 is 16.7 Å². The number of fused-ring (bicyclic) bond motifs is 1. The van der Waals surface area contributed by atoms with E-state index in [9.17, 15) is 4.79 Å². The summed E-state index contributed by atoms with van der Waals surface area (Å²) in [6, 6.07) is 9.70. The Morgan fingerprint density at radius 1 is 1.37 bits per heavy atom. The summed E-state index contributed by atoms with van der Waals surface area (Å²) in [5.74, 6) is 0.223. The van der Waals surface area contributed by atoms with Crippen LogP contribution in [-0.4, -0.2) is 35.9 Å².